The molecule has 2 N–H and O–H groups in total. The molecule has 1 atom stereocenters. The molecular weight excluding hydrogens is 198 g/mol. The van der Waals surface area contributed by atoms with Crippen LogP contribution >= 0.6 is 0 Å². The van der Waals surface area contributed by atoms with E-state index in [0.717, 1.165) is 0 Å². The van der Waals surface area contributed by atoms with Gasteiger partial charge in [-0.15, -0.1) is 0 Å². The highest BCUT2D eigenvalue weighted by Crippen LogP contribution is 2.01. The van der Waals surface area contributed by atoms with Crippen molar-refractivity contribution >= 4 is 12.1 Å². The van der Waals surface area contributed by atoms with Crippen molar-refractivity contribution in [1.29, 1.82) is 0 Å². The van der Waals surface area contributed by atoms with Gasteiger partial charge in [-0.1, -0.05) is 0 Å². The van der Waals surface area contributed by atoms with E-state index < -0.39 is 12.1 Å². The average molecular weight is 217 g/mol. The highest BCUT2D eigenvalue weighted by molar-refractivity contribution is 5.68. The molecule has 0 fully saturated rings. The van der Waals surface area contributed by atoms with Crippen LogP contribution in [0.1, 0.15) is 40.0 Å². The first kappa shape index (κ1) is 13.7. The Morgan fingerprint density at radius 3 is 2.40 bits per heavy atom. The molecule has 0 rings (SSSR count). The SMILES string of the molecule is CC(CCCC(=O)O)NC(=O)OC(C)C. The number of ether oxygens (including phenoxy) is 1. The van der Waals surface area contributed by atoms with Crippen LogP contribution in [-0.4, -0.2) is 29.3 Å². The second-order valence-corrected chi connectivity index (χ2v) is 3.79. The lowest BCUT2D eigenvalue weighted by molar-refractivity contribution is -0.137. The summed E-state index contributed by atoms with van der Waals surface area (Å²) in [6, 6.07) is -0.0596. The predicted octanol–water partition coefficient (Wildman–Crippen LogP) is 1.76. The summed E-state index contributed by atoms with van der Waals surface area (Å²) in [5.41, 5.74) is 0. The van der Waals surface area contributed by atoms with Gasteiger partial charge in [0.2, 0.25) is 0 Å². The van der Waals surface area contributed by atoms with Crippen LogP contribution in [0.3, 0.4) is 0 Å². The maximum absolute atomic E-state index is 11.1. The van der Waals surface area contributed by atoms with E-state index in [2.05, 4.69) is 5.32 Å². The Labute approximate surface area is 89.8 Å². The fraction of sp³-hybridized carbons (Fsp3) is 0.800. The molecule has 0 aromatic rings. The topological polar surface area (TPSA) is 75.6 Å². The summed E-state index contributed by atoms with van der Waals surface area (Å²) in [6.07, 6.45) is 0.729. The maximum Gasteiger partial charge on any atom is 0.407 e. The molecule has 0 heterocycles. The van der Waals surface area contributed by atoms with Crippen molar-refractivity contribution in [3.8, 4) is 0 Å². The molecule has 88 valence electrons. The fourth-order valence-corrected chi connectivity index (χ4v) is 1.08. The fourth-order valence-electron chi connectivity index (χ4n) is 1.08. The average Bonchev–Trinajstić information content (AvgIpc) is 2.00. The number of amides is 1. The number of carboxylic acids is 1. The Bertz CT molecular complexity index is 215. The van der Waals surface area contributed by atoms with Crippen LogP contribution in [0.25, 0.3) is 0 Å². The van der Waals surface area contributed by atoms with E-state index in [1.54, 1.807) is 13.8 Å². The molecule has 0 aliphatic carbocycles. The minimum atomic E-state index is -0.813. The number of nitrogens with one attached hydrogen (secondary N) is 1. The van der Waals surface area contributed by atoms with Gasteiger partial charge in [-0.05, 0) is 33.6 Å². The maximum atomic E-state index is 11.1. The van der Waals surface area contributed by atoms with Crippen molar-refractivity contribution in [3.05, 3.63) is 0 Å². The van der Waals surface area contributed by atoms with Crippen LogP contribution in [0, 0.1) is 0 Å². The van der Waals surface area contributed by atoms with E-state index in [1.165, 1.54) is 0 Å². The van der Waals surface area contributed by atoms with Crippen LogP contribution in [0.15, 0.2) is 0 Å². The number of carboxylic acid groups (broad SMARTS) is 1. The number of alkyl carbamates (subject to hydrolysis) is 1. The van der Waals surface area contributed by atoms with Gasteiger partial charge < -0.3 is 15.2 Å². The quantitative estimate of drug-likeness (QED) is 0.710. The lowest BCUT2D eigenvalue weighted by Gasteiger charge is -2.14. The Hall–Kier alpha value is -1.26. The van der Waals surface area contributed by atoms with Crippen LogP contribution in [0.2, 0.25) is 0 Å². The highest BCUT2D eigenvalue weighted by atomic mass is 16.6. The Kier molecular flexibility index (Phi) is 6.49. The molecule has 0 aromatic carbocycles. The molecule has 5 nitrogen and oxygen atoms in total. The molecule has 0 radical (unpaired) electrons. The van der Waals surface area contributed by atoms with E-state index in [4.69, 9.17) is 9.84 Å². The Morgan fingerprint density at radius 2 is 1.93 bits per heavy atom. The van der Waals surface area contributed by atoms with Gasteiger partial charge in [0.15, 0.2) is 0 Å². The van der Waals surface area contributed by atoms with Crippen molar-refractivity contribution in [2.24, 2.45) is 0 Å². The van der Waals surface area contributed by atoms with Gasteiger partial charge in [-0.3, -0.25) is 4.79 Å². The number of rotatable bonds is 6. The minimum absolute atomic E-state index is 0.0596. The molecule has 0 saturated carbocycles. The molecule has 0 bridgehead atoms. The zero-order valence-electron chi connectivity index (χ0n) is 9.45. The summed E-state index contributed by atoms with van der Waals surface area (Å²) in [7, 11) is 0. The summed E-state index contributed by atoms with van der Waals surface area (Å²) >= 11 is 0. The zero-order valence-corrected chi connectivity index (χ0v) is 9.45. The highest BCUT2D eigenvalue weighted by Gasteiger charge is 2.09. The largest absolute Gasteiger partial charge is 0.481 e. The molecule has 1 unspecified atom stereocenters. The molecule has 1 amide bonds. The van der Waals surface area contributed by atoms with Crippen molar-refractivity contribution in [2.75, 3.05) is 0 Å². The second kappa shape index (κ2) is 7.09. The van der Waals surface area contributed by atoms with Crippen molar-refractivity contribution in [3.63, 3.8) is 0 Å². The van der Waals surface area contributed by atoms with E-state index >= 15 is 0 Å². The van der Waals surface area contributed by atoms with Crippen molar-refractivity contribution in [2.45, 2.75) is 52.2 Å². The molecule has 0 aromatic heterocycles. The first-order valence-electron chi connectivity index (χ1n) is 5.10. The van der Waals surface area contributed by atoms with Crippen LogP contribution in [0.4, 0.5) is 4.79 Å². The lowest BCUT2D eigenvalue weighted by Crippen LogP contribution is -2.34. The van der Waals surface area contributed by atoms with Crippen LogP contribution < -0.4 is 5.32 Å². The third-order valence-electron chi connectivity index (χ3n) is 1.73. The zero-order chi connectivity index (χ0) is 11.8. The normalized spacial score (nSPS) is 12.3. The van der Waals surface area contributed by atoms with Crippen molar-refractivity contribution in [1.82, 2.24) is 5.32 Å². The van der Waals surface area contributed by atoms with E-state index in [-0.39, 0.29) is 18.6 Å². The summed E-state index contributed by atoms with van der Waals surface area (Å²) < 4.78 is 4.88. The number of hydrogen-bond acceptors (Lipinski definition) is 3. The Balaban J connectivity index is 3.59. The van der Waals surface area contributed by atoms with Gasteiger partial charge >= 0.3 is 12.1 Å². The lowest BCUT2D eigenvalue weighted by atomic mass is 10.1. The van der Waals surface area contributed by atoms with Crippen LogP contribution in [-0.2, 0) is 9.53 Å². The number of carbonyl (C=O) groups is 2. The third-order valence-corrected chi connectivity index (χ3v) is 1.73. The van der Waals surface area contributed by atoms with Gasteiger partial charge in [0, 0.05) is 12.5 Å². The smallest absolute Gasteiger partial charge is 0.407 e. The first-order chi connectivity index (χ1) is 6.91. The Morgan fingerprint density at radius 1 is 1.33 bits per heavy atom. The monoisotopic (exact) mass is 217 g/mol. The van der Waals surface area contributed by atoms with E-state index in [1.807, 2.05) is 6.92 Å². The molecule has 15 heavy (non-hydrogen) atoms. The summed E-state index contributed by atoms with van der Waals surface area (Å²) in [4.78, 5) is 21.3. The summed E-state index contributed by atoms with van der Waals surface area (Å²) in [5.74, 6) is -0.813. The number of carbonyl (C=O) groups excluding carboxylic acids is 1. The van der Waals surface area contributed by atoms with Crippen molar-refractivity contribution < 1.29 is 19.4 Å². The van der Waals surface area contributed by atoms with Gasteiger partial charge in [-0.25, -0.2) is 4.79 Å². The van der Waals surface area contributed by atoms with Gasteiger partial charge in [0.05, 0.1) is 6.10 Å². The molecule has 0 saturated heterocycles. The molecular formula is C10H19NO4. The second-order valence-electron chi connectivity index (χ2n) is 3.79. The standard InChI is InChI=1S/C10H19NO4/c1-7(2)15-10(14)11-8(3)5-4-6-9(12)13/h7-8H,4-6H2,1-3H3,(H,11,14)(H,12,13). The van der Waals surface area contributed by atoms with Crippen LogP contribution in [0.5, 0.6) is 0 Å². The summed E-state index contributed by atoms with van der Waals surface area (Å²) in [6.45, 7) is 5.37. The molecule has 5 heteroatoms. The summed E-state index contributed by atoms with van der Waals surface area (Å²) in [5, 5.41) is 11.0. The van der Waals surface area contributed by atoms with E-state index in [9.17, 15) is 9.59 Å². The van der Waals surface area contributed by atoms with Gasteiger partial charge in [0.25, 0.3) is 0 Å². The van der Waals surface area contributed by atoms with Gasteiger partial charge in [0.1, 0.15) is 0 Å². The molecule has 0 aliphatic heterocycles. The minimum Gasteiger partial charge on any atom is -0.481 e. The molecule has 0 spiro atoms. The predicted molar refractivity (Wildman–Crippen MR) is 55.7 cm³/mol. The van der Waals surface area contributed by atoms with Gasteiger partial charge in [-0.2, -0.15) is 0 Å². The number of aliphatic carboxylic acids is 1. The number of hydrogen-bond donors (Lipinski definition) is 2. The first-order valence-corrected chi connectivity index (χ1v) is 5.10. The molecule has 0 aliphatic rings. The third kappa shape index (κ3) is 9.05. The van der Waals surface area contributed by atoms with E-state index in [0.29, 0.717) is 12.8 Å².